The van der Waals surface area contributed by atoms with Gasteiger partial charge < -0.3 is 4.90 Å². The van der Waals surface area contributed by atoms with Crippen molar-refractivity contribution >= 4 is 5.91 Å². The summed E-state index contributed by atoms with van der Waals surface area (Å²) in [5.74, 6) is 0.0958. The van der Waals surface area contributed by atoms with E-state index in [0.717, 1.165) is 32.2 Å². The molecule has 0 aromatic rings. The van der Waals surface area contributed by atoms with Crippen molar-refractivity contribution in [3.05, 3.63) is 37.5 Å². The first-order valence-electron chi connectivity index (χ1n) is 5.43. The van der Waals surface area contributed by atoms with Gasteiger partial charge in [0.15, 0.2) is 0 Å². The second-order valence-corrected chi connectivity index (χ2v) is 3.89. The lowest BCUT2D eigenvalue weighted by Gasteiger charge is -2.21. The van der Waals surface area contributed by atoms with Crippen LogP contribution in [0.1, 0.15) is 25.7 Å². The Morgan fingerprint density at radius 1 is 1.40 bits per heavy atom. The number of hydrogen-bond acceptors (Lipinski definition) is 1. The Balaban J connectivity index is 2.44. The van der Waals surface area contributed by atoms with Crippen LogP contribution in [0.4, 0.5) is 0 Å². The van der Waals surface area contributed by atoms with E-state index in [1.807, 2.05) is 17.1 Å². The molecule has 1 saturated heterocycles. The Bertz CT molecular complexity index is 280. The molecule has 0 N–H and O–H groups in total. The zero-order chi connectivity index (χ0) is 11.3. The van der Waals surface area contributed by atoms with Crippen LogP contribution < -0.4 is 0 Å². The molecular weight excluding hydrogens is 186 g/mol. The number of unbranched alkanes of at least 4 members (excludes halogenated alkanes) is 2. The van der Waals surface area contributed by atoms with Crippen LogP contribution in [0, 0.1) is 0 Å². The van der Waals surface area contributed by atoms with Crippen molar-refractivity contribution in [2.24, 2.45) is 0 Å². The average molecular weight is 205 g/mol. The molecule has 1 heterocycles. The van der Waals surface area contributed by atoms with Crippen LogP contribution in [0.3, 0.4) is 0 Å². The van der Waals surface area contributed by atoms with Gasteiger partial charge in [0.2, 0.25) is 5.91 Å². The highest BCUT2D eigenvalue weighted by Crippen LogP contribution is 2.23. The molecule has 1 rings (SSSR count). The van der Waals surface area contributed by atoms with Gasteiger partial charge in [0.1, 0.15) is 0 Å². The van der Waals surface area contributed by atoms with Gasteiger partial charge in [-0.25, -0.2) is 0 Å². The molecule has 1 atom stereocenters. The fourth-order valence-corrected chi connectivity index (χ4v) is 1.85. The van der Waals surface area contributed by atoms with E-state index in [2.05, 4.69) is 19.7 Å². The van der Waals surface area contributed by atoms with Crippen LogP contribution in [-0.2, 0) is 4.79 Å². The van der Waals surface area contributed by atoms with E-state index < -0.39 is 0 Å². The van der Waals surface area contributed by atoms with E-state index in [4.69, 9.17) is 0 Å². The Morgan fingerprint density at radius 3 is 2.73 bits per heavy atom. The summed E-state index contributed by atoms with van der Waals surface area (Å²) in [6.45, 7) is 12.0. The predicted octanol–water partition coefficient (Wildman–Crippen LogP) is 2.69. The molecule has 82 valence electrons. The molecule has 1 aliphatic rings. The molecule has 0 bridgehead atoms. The van der Waals surface area contributed by atoms with Gasteiger partial charge in [-0.3, -0.25) is 4.79 Å². The third-order valence-electron chi connectivity index (χ3n) is 2.75. The number of nitrogens with zero attached hydrogens (tertiary/aromatic N) is 1. The van der Waals surface area contributed by atoms with Crippen molar-refractivity contribution in [2.75, 3.05) is 6.54 Å². The summed E-state index contributed by atoms with van der Waals surface area (Å²) in [5.41, 5.74) is 0.712. The zero-order valence-corrected chi connectivity index (χ0v) is 9.24. The Kier molecular flexibility index (Phi) is 4.35. The molecule has 0 radical (unpaired) electrons. The maximum Gasteiger partial charge on any atom is 0.249 e. The van der Waals surface area contributed by atoms with Crippen LogP contribution in [0.2, 0.25) is 0 Å². The SMILES string of the molecule is C=CCCCCN1C(=O)C(=C)C[C@@H]1C=C. The summed E-state index contributed by atoms with van der Waals surface area (Å²) in [4.78, 5) is 13.6. The first-order valence-corrected chi connectivity index (χ1v) is 5.43. The monoisotopic (exact) mass is 205 g/mol. The Labute approximate surface area is 92.0 Å². The number of rotatable bonds is 6. The van der Waals surface area contributed by atoms with Gasteiger partial charge >= 0.3 is 0 Å². The Hall–Kier alpha value is -1.31. The van der Waals surface area contributed by atoms with Crippen molar-refractivity contribution in [3.63, 3.8) is 0 Å². The standard InChI is InChI=1S/C13H19NO/c1-4-6-7-8-9-14-12(5-2)10-11(3)13(14)15/h4-5,12H,1-3,6-10H2/t12-/m0/s1. The smallest absolute Gasteiger partial charge is 0.249 e. The molecule has 0 spiro atoms. The van der Waals surface area contributed by atoms with Crippen LogP contribution in [-0.4, -0.2) is 23.4 Å². The topological polar surface area (TPSA) is 20.3 Å². The minimum Gasteiger partial charge on any atom is -0.332 e. The van der Waals surface area contributed by atoms with Gasteiger partial charge in [-0.15, -0.1) is 13.2 Å². The molecule has 0 aromatic heterocycles. The summed E-state index contributed by atoms with van der Waals surface area (Å²) >= 11 is 0. The van der Waals surface area contributed by atoms with Crippen molar-refractivity contribution in [2.45, 2.75) is 31.7 Å². The fourth-order valence-electron chi connectivity index (χ4n) is 1.85. The van der Waals surface area contributed by atoms with E-state index in [0.29, 0.717) is 5.57 Å². The van der Waals surface area contributed by atoms with Crippen molar-refractivity contribution < 1.29 is 4.79 Å². The molecule has 0 unspecified atom stereocenters. The molecule has 0 aromatic carbocycles. The zero-order valence-electron chi connectivity index (χ0n) is 9.24. The first kappa shape index (κ1) is 11.8. The number of amides is 1. The number of likely N-dealkylation sites (tertiary alicyclic amines) is 1. The minimum atomic E-state index is 0.0958. The summed E-state index contributed by atoms with van der Waals surface area (Å²) < 4.78 is 0. The second kappa shape index (κ2) is 5.54. The lowest BCUT2D eigenvalue weighted by atomic mass is 10.2. The third-order valence-corrected chi connectivity index (χ3v) is 2.75. The maximum atomic E-state index is 11.7. The van der Waals surface area contributed by atoms with Gasteiger partial charge in [0, 0.05) is 18.5 Å². The molecule has 2 nitrogen and oxygen atoms in total. The number of carbonyl (C=O) groups is 1. The number of carbonyl (C=O) groups excluding carboxylic acids is 1. The molecule has 1 fully saturated rings. The second-order valence-electron chi connectivity index (χ2n) is 3.89. The van der Waals surface area contributed by atoms with E-state index in [9.17, 15) is 4.79 Å². The fraction of sp³-hybridized carbons (Fsp3) is 0.462. The summed E-state index contributed by atoms with van der Waals surface area (Å²) in [6, 6.07) is 0.161. The highest BCUT2D eigenvalue weighted by molar-refractivity contribution is 5.95. The minimum absolute atomic E-state index is 0.0958. The van der Waals surface area contributed by atoms with Crippen LogP contribution in [0.25, 0.3) is 0 Å². The van der Waals surface area contributed by atoms with Crippen molar-refractivity contribution in [1.29, 1.82) is 0 Å². The number of hydrogen-bond donors (Lipinski definition) is 0. The number of allylic oxidation sites excluding steroid dienone is 1. The summed E-state index contributed by atoms with van der Waals surface area (Å²) in [6.07, 6.45) is 7.61. The van der Waals surface area contributed by atoms with Gasteiger partial charge in [0.05, 0.1) is 6.04 Å². The molecule has 0 saturated carbocycles. The quantitative estimate of drug-likeness (QED) is 0.371. The molecular formula is C13H19NO. The largest absolute Gasteiger partial charge is 0.332 e. The Morgan fingerprint density at radius 2 is 2.13 bits per heavy atom. The molecule has 1 aliphatic heterocycles. The molecule has 2 heteroatoms. The first-order chi connectivity index (χ1) is 7.20. The van der Waals surface area contributed by atoms with E-state index >= 15 is 0 Å². The van der Waals surface area contributed by atoms with Crippen molar-refractivity contribution in [1.82, 2.24) is 4.90 Å². The van der Waals surface area contributed by atoms with Gasteiger partial charge in [-0.1, -0.05) is 18.7 Å². The van der Waals surface area contributed by atoms with Gasteiger partial charge in [-0.05, 0) is 19.3 Å². The highest BCUT2D eigenvalue weighted by Gasteiger charge is 2.31. The summed E-state index contributed by atoms with van der Waals surface area (Å²) in [5, 5.41) is 0. The normalized spacial score (nSPS) is 20.8. The van der Waals surface area contributed by atoms with Crippen LogP contribution in [0.15, 0.2) is 37.5 Å². The lowest BCUT2D eigenvalue weighted by molar-refractivity contribution is -0.125. The molecule has 0 aliphatic carbocycles. The predicted molar refractivity (Wildman–Crippen MR) is 63.5 cm³/mol. The molecule has 1 amide bonds. The van der Waals surface area contributed by atoms with E-state index in [1.165, 1.54) is 0 Å². The van der Waals surface area contributed by atoms with E-state index in [-0.39, 0.29) is 11.9 Å². The highest BCUT2D eigenvalue weighted by atomic mass is 16.2. The molecule has 15 heavy (non-hydrogen) atoms. The third kappa shape index (κ3) is 2.82. The van der Waals surface area contributed by atoms with Crippen LogP contribution >= 0.6 is 0 Å². The maximum absolute atomic E-state index is 11.7. The van der Waals surface area contributed by atoms with Gasteiger partial charge in [-0.2, -0.15) is 0 Å². The average Bonchev–Trinajstić information content (AvgIpc) is 2.51. The lowest BCUT2D eigenvalue weighted by Crippen LogP contribution is -2.32. The summed E-state index contributed by atoms with van der Waals surface area (Å²) in [7, 11) is 0. The van der Waals surface area contributed by atoms with E-state index in [1.54, 1.807) is 0 Å². The van der Waals surface area contributed by atoms with Crippen molar-refractivity contribution in [3.8, 4) is 0 Å². The van der Waals surface area contributed by atoms with Crippen LogP contribution in [0.5, 0.6) is 0 Å². The van der Waals surface area contributed by atoms with Gasteiger partial charge in [0.25, 0.3) is 0 Å².